The van der Waals surface area contributed by atoms with Gasteiger partial charge in [-0.25, -0.2) is 0 Å². The van der Waals surface area contributed by atoms with Gasteiger partial charge in [0, 0.05) is 18.2 Å². The van der Waals surface area contributed by atoms with E-state index in [1.807, 2.05) is 24.3 Å². The molecule has 0 atom stereocenters. The van der Waals surface area contributed by atoms with E-state index >= 15 is 0 Å². The molecule has 0 amide bonds. The summed E-state index contributed by atoms with van der Waals surface area (Å²) in [6.45, 7) is 0.591. The number of rotatable bonds is 6. The molecule has 1 aliphatic carbocycles. The van der Waals surface area contributed by atoms with Crippen molar-refractivity contribution in [1.29, 1.82) is 0 Å². The third kappa shape index (κ3) is 3.50. The molecule has 1 N–H and O–H groups in total. The first-order chi connectivity index (χ1) is 11.2. The molecule has 5 nitrogen and oxygen atoms in total. The summed E-state index contributed by atoms with van der Waals surface area (Å²) in [5.74, 6) is 2.80. The summed E-state index contributed by atoms with van der Waals surface area (Å²) >= 11 is 6.17. The van der Waals surface area contributed by atoms with Gasteiger partial charge < -0.3 is 14.8 Å². The molecule has 1 fully saturated rings. The Labute approximate surface area is 141 Å². The molecule has 0 aliphatic heterocycles. The van der Waals surface area contributed by atoms with E-state index in [2.05, 4.69) is 15.5 Å². The Bertz CT molecular complexity index is 690. The summed E-state index contributed by atoms with van der Waals surface area (Å²) < 4.78 is 10.6. The monoisotopic (exact) mass is 333 g/mol. The summed E-state index contributed by atoms with van der Waals surface area (Å²) in [5, 5.41) is 12.0. The van der Waals surface area contributed by atoms with Crippen molar-refractivity contribution in [3.05, 3.63) is 40.5 Å². The summed E-state index contributed by atoms with van der Waals surface area (Å²) in [5.41, 5.74) is 2.12. The molecule has 0 saturated heterocycles. The van der Waals surface area contributed by atoms with Crippen LogP contribution in [0.1, 0.15) is 36.3 Å². The minimum absolute atomic E-state index is 0.516. The average molecular weight is 334 g/mol. The lowest BCUT2D eigenvalue weighted by molar-refractivity contribution is 0.391. The maximum Gasteiger partial charge on any atom is 0.155 e. The largest absolute Gasteiger partial charge is 0.497 e. The first-order valence-electron chi connectivity index (χ1n) is 7.69. The molecule has 1 aromatic carbocycles. The summed E-state index contributed by atoms with van der Waals surface area (Å²) in [4.78, 5) is 0. The Morgan fingerprint density at radius 2 is 2.00 bits per heavy atom. The van der Waals surface area contributed by atoms with Crippen LogP contribution < -0.4 is 14.8 Å². The van der Waals surface area contributed by atoms with Gasteiger partial charge in [-0.15, -0.1) is 10.2 Å². The quantitative estimate of drug-likeness (QED) is 0.865. The normalized spacial score (nSPS) is 14.2. The zero-order chi connectivity index (χ0) is 16.2. The SMILES string of the molecule is COc1ccc(CNc2cc(C3CCC3)c(Cl)nn2)c(OC)c1. The zero-order valence-electron chi connectivity index (χ0n) is 13.3. The molecular weight excluding hydrogens is 314 g/mol. The smallest absolute Gasteiger partial charge is 0.155 e. The fraction of sp³-hybridized carbons (Fsp3) is 0.412. The Morgan fingerprint density at radius 1 is 1.17 bits per heavy atom. The van der Waals surface area contributed by atoms with Gasteiger partial charge in [-0.3, -0.25) is 0 Å². The number of nitrogens with one attached hydrogen (secondary N) is 1. The lowest BCUT2D eigenvalue weighted by Gasteiger charge is -2.26. The van der Waals surface area contributed by atoms with E-state index in [9.17, 15) is 0 Å². The van der Waals surface area contributed by atoms with Crippen LogP contribution in [0.2, 0.25) is 5.15 Å². The Hall–Kier alpha value is -2.01. The lowest BCUT2D eigenvalue weighted by atomic mass is 9.81. The number of aromatic nitrogens is 2. The Balaban J connectivity index is 1.73. The summed E-state index contributed by atoms with van der Waals surface area (Å²) in [6, 6.07) is 7.76. The van der Waals surface area contributed by atoms with Crippen LogP contribution in [0.4, 0.5) is 5.82 Å². The second kappa shape index (κ2) is 7.04. The van der Waals surface area contributed by atoms with E-state index in [1.165, 1.54) is 19.3 Å². The molecule has 3 rings (SSSR count). The third-order valence-electron chi connectivity index (χ3n) is 4.28. The number of methoxy groups -OCH3 is 2. The molecule has 1 saturated carbocycles. The highest BCUT2D eigenvalue weighted by atomic mass is 35.5. The molecule has 0 bridgehead atoms. The van der Waals surface area contributed by atoms with E-state index < -0.39 is 0 Å². The van der Waals surface area contributed by atoms with Crippen LogP contribution in [-0.4, -0.2) is 24.4 Å². The van der Waals surface area contributed by atoms with Crippen molar-refractivity contribution in [1.82, 2.24) is 10.2 Å². The summed E-state index contributed by atoms with van der Waals surface area (Å²) in [6.07, 6.45) is 3.61. The van der Waals surface area contributed by atoms with Crippen LogP contribution in [-0.2, 0) is 6.54 Å². The van der Waals surface area contributed by atoms with Crippen molar-refractivity contribution < 1.29 is 9.47 Å². The summed E-state index contributed by atoms with van der Waals surface area (Å²) in [7, 11) is 3.28. The molecule has 6 heteroatoms. The van der Waals surface area contributed by atoms with Crippen molar-refractivity contribution >= 4 is 17.4 Å². The van der Waals surface area contributed by atoms with E-state index in [4.69, 9.17) is 21.1 Å². The molecule has 2 aromatic rings. The number of anilines is 1. The van der Waals surface area contributed by atoms with Gasteiger partial charge in [0.25, 0.3) is 0 Å². The molecule has 1 aliphatic rings. The first kappa shape index (κ1) is 15.9. The predicted molar refractivity (Wildman–Crippen MR) is 90.5 cm³/mol. The number of nitrogens with zero attached hydrogens (tertiary/aromatic N) is 2. The molecule has 1 aromatic heterocycles. The van der Waals surface area contributed by atoms with E-state index in [-0.39, 0.29) is 0 Å². The highest BCUT2D eigenvalue weighted by molar-refractivity contribution is 6.30. The molecule has 0 spiro atoms. The van der Waals surface area contributed by atoms with Crippen LogP contribution >= 0.6 is 11.6 Å². The molecule has 0 radical (unpaired) electrons. The number of halogens is 1. The molecule has 122 valence electrons. The topological polar surface area (TPSA) is 56.3 Å². The zero-order valence-corrected chi connectivity index (χ0v) is 14.1. The third-order valence-corrected chi connectivity index (χ3v) is 4.57. The lowest BCUT2D eigenvalue weighted by Crippen LogP contribution is -2.12. The highest BCUT2D eigenvalue weighted by Crippen LogP contribution is 2.39. The minimum atomic E-state index is 0.516. The van der Waals surface area contributed by atoms with E-state index in [0.29, 0.717) is 17.6 Å². The Kier molecular flexibility index (Phi) is 4.86. The molecular formula is C17H20ClN3O2. The number of benzene rings is 1. The molecule has 0 unspecified atom stereocenters. The van der Waals surface area contributed by atoms with Gasteiger partial charge in [0.05, 0.1) is 14.2 Å². The van der Waals surface area contributed by atoms with Crippen molar-refractivity contribution in [3.63, 3.8) is 0 Å². The van der Waals surface area contributed by atoms with Gasteiger partial charge in [0.15, 0.2) is 5.15 Å². The van der Waals surface area contributed by atoms with Crippen molar-refractivity contribution in [3.8, 4) is 11.5 Å². The number of ether oxygens (including phenoxy) is 2. The molecule has 23 heavy (non-hydrogen) atoms. The van der Waals surface area contributed by atoms with Crippen molar-refractivity contribution in [2.75, 3.05) is 19.5 Å². The molecule has 1 heterocycles. The van der Waals surface area contributed by atoms with Crippen LogP contribution in [0, 0.1) is 0 Å². The van der Waals surface area contributed by atoms with Gasteiger partial charge in [0.1, 0.15) is 17.3 Å². The maximum absolute atomic E-state index is 6.17. The second-order valence-corrected chi connectivity index (χ2v) is 5.99. The van der Waals surface area contributed by atoms with E-state index in [1.54, 1.807) is 14.2 Å². The second-order valence-electron chi connectivity index (χ2n) is 5.63. The van der Waals surface area contributed by atoms with Crippen LogP contribution in [0.25, 0.3) is 0 Å². The number of hydrogen-bond acceptors (Lipinski definition) is 5. The fourth-order valence-corrected chi connectivity index (χ4v) is 2.91. The maximum atomic E-state index is 6.17. The standard InChI is InChI=1S/C17H20ClN3O2/c1-22-13-7-6-12(15(8-13)23-2)10-19-16-9-14(11-4-3-5-11)17(18)21-20-16/h6-9,11H,3-5,10H2,1-2H3,(H,19,20). The van der Waals surface area contributed by atoms with Gasteiger partial charge in [-0.05, 0) is 42.5 Å². The predicted octanol–water partition coefficient (Wildman–Crippen LogP) is 4.03. The van der Waals surface area contributed by atoms with Crippen molar-refractivity contribution in [2.24, 2.45) is 0 Å². The van der Waals surface area contributed by atoms with Gasteiger partial charge in [-0.2, -0.15) is 0 Å². The van der Waals surface area contributed by atoms with Gasteiger partial charge in [0.2, 0.25) is 0 Å². The van der Waals surface area contributed by atoms with Crippen LogP contribution in [0.3, 0.4) is 0 Å². The van der Waals surface area contributed by atoms with Crippen molar-refractivity contribution in [2.45, 2.75) is 31.7 Å². The highest BCUT2D eigenvalue weighted by Gasteiger charge is 2.23. The van der Waals surface area contributed by atoms with Gasteiger partial charge in [-0.1, -0.05) is 18.0 Å². The Morgan fingerprint density at radius 3 is 2.65 bits per heavy atom. The average Bonchev–Trinajstić information content (AvgIpc) is 2.53. The van der Waals surface area contributed by atoms with Crippen LogP contribution in [0.5, 0.6) is 11.5 Å². The van der Waals surface area contributed by atoms with Gasteiger partial charge >= 0.3 is 0 Å². The number of hydrogen-bond donors (Lipinski definition) is 1. The fourth-order valence-electron chi connectivity index (χ4n) is 2.67. The minimum Gasteiger partial charge on any atom is -0.497 e. The van der Waals surface area contributed by atoms with E-state index in [0.717, 1.165) is 28.4 Å². The first-order valence-corrected chi connectivity index (χ1v) is 8.07. The van der Waals surface area contributed by atoms with Crippen LogP contribution in [0.15, 0.2) is 24.3 Å².